The highest BCUT2D eigenvalue weighted by Gasteiger charge is 2.28. The van der Waals surface area contributed by atoms with Gasteiger partial charge in [-0.1, -0.05) is 24.3 Å². The Morgan fingerprint density at radius 2 is 1.90 bits per heavy atom. The van der Waals surface area contributed by atoms with Crippen molar-refractivity contribution in [2.24, 2.45) is 0 Å². The number of carbonyl (C=O) groups is 1. The number of hydrogen-bond acceptors (Lipinski definition) is 4. The van der Waals surface area contributed by atoms with Gasteiger partial charge in [0.25, 0.3) is 5.91 Å². The molecule has 4 nitrogen and oxygen atoms in total. The Morgan fingerprint density at radius 1 is 1.17 bits per heavy atom. The highest BCUT2D eigenvalue weighted by atomic mass is 35.5. The van der Waals surface area contributed by atoms with E-state index in [2.05, 4.69) is 5.32 Å². The molecule has 154 valence electrons. The van der Waals surface area contributed by atoms with Crippen LogP contribution in [0.4, 0.5) is 4.39 Å². The standard InChI is InChI=1S/C22H23FN2O2S.ClH/c1-24-15-10-12-25(13-11-15)22(26)21-17(14-27-16-6-3-2-4-7-16)20-18(23)8-5-9-19(20)28-21;/h2-9,15,24H,10-14H2,1H3;1H. The molecular formula is C22H24ClFN2O2S. The van der Waals surface area contributed by atoms with Crippen LogP contribution in [0, 0.1) is 5.82 Å². The maximum absolute atomic E-state index is 14.6. The zero-order valence-corrected chi connectivity index (χ0v) is 17.8. The summed E-state index contributed by atoms with van der Waals surface area (Å²) in [5.41, 5.74) is 0.641. The van der Waals surface area contributed by atoms with E-state index in [4.69, 9.17) is 4.74 Å². The predicted octanol–water partition coefficient (Wildman–Crippen LogP) is 4.87. The molecule has 0 bridgehead atoms. The zero-order chi connectivity index (χ0) is 19.5. The first-order chi connectivity index (χ1) is 13.7. The first kappa shape index (κ1) is 21.6. The highest BCUT2D eigenvalue weighted by molar-refractivity contribution is 7.21. The second kappa shape index (κ2) is 9.57. The Balaban J connectivity index is 0.00000240. The lowest BCUT2D eigenvalue weighted by atomic mass is 10.0. The van der Waals surface area contributed by atoms with Gasteiger partial charge in [0.2, 0.25) is 0 Å². The van der Waals surface area contributed by atoms with Crippen molar-refractivity contribution in [1.82, 2.24) is 10.2 Å². The summed E-state index contributed by atoms with van der Waals surface area (Å²) in [4.78, 5) is 15.7. The van der Waals surface area contributed by atoms with Crippen LogP contribution < -0.4 is 10.1 Å². The fraction of sp³-hybridized carbons (Fsp3) is 0.318. The molecule has 2 aromatic carbocycles. The molecule has 1 amide bonds. The number of nitrogens with one attached hydrogen (secondary N) is 1. The fourth-order valence-electron chi connectivity index (χ4n) is 3.66. The monoisotopic (exact) mass is 434 g/mol. The summed E-state index contributed by atoms with van der Waals surface area (Å²) in [6, 6.07) is 14.8. The summed E-state index contributed by atoms with van der Waals surface area (Å²) in [6.45, 7) is 1.58. The first-order valence-corrected chi connectivity index (χ1v) is 10.3. The summed E-state index contributed by atoms with van der Waals surface area (Å²) in [5.74, 6) is 0.363. The van der Waals surface area contributed by atoms with Gasteiger partial charge in [-0.25, -0.2) is 4.39 Å². The maximum Gasteiger partial charge on any atom is 0.264 e. The molecule has 7 heteroatoms. The number of likely N-dealkylation sites (tertiary alicyclic amines) is 1. The number of hydrogen-bond donors (Lipinski definition) is 1. The molecular weight excluding hydrogens is 411 g/mol. The van der Waals surface area contributed by atoms with Gasteiger partial charge in [0.15, 0.2) is 0 Å². The van der Waals surface area contributed by atoms with Gasteiger partial charge in [-0.15, -0.1) is 23.7 Å². The van der Waals surface area contributed by atoms with E-state index >= 15 is 0 Å². The van der Waals surface area contributed by atoms with Gasteiger partial charge in [0.1, 0.15) is 18.2 Å². The second-order valence-corrected chi connectivity index (χ2v) is 8.03. The van der Waals surface area contributed by atoms with Gasteiger partial charge in [0, 0.05) is 34.8 Å². The van der Waals surface area contributed by atoms with E-state index in [0.717, 1.165) is 17.5 Å². The zero-order valence-electron chi connectivity index (χ0n) is 16.2. The SMILES string of the molecule is CNC1CCN(C(=O)c2sc3cccc(F)c3c2COc2ccccc2)CC1.Cl. The van der Waals surface area contributed by atoms with E-state index in [1.54, 1.807) is 6.07 Å². The number of thiophene rings is 1. The summed E-state index contributed by atoms with van der Waals surface area (Å²) >= 11 is 1.35. The number of piperidine rings is 1. The van der Waals surface area contributed by atoms with E-state index < -0.39 is 0 Å². The number of halogens is 2. The van der Waals surface area contributed by atoms with E-state index in [1.807, 2.05) is 48.3 Å². The Bertz CT molecular complexity index is 972. The number of amides is 1. The average Bonchev–Trinajstić information content (AvgIpc) is 3.12. The van der Waals surface area contributed by atoms with Crippen LogP contribution in [0.5, 0.6) is 5.75 Å². The smallest absolute Gasteiger partial charge is 0.264 e. The summed E-state index contributed by atoms with van der Waals surface area (Å²) in [7, 11) is 1.95. The molecule has 3 aromatic rings. The van der Waals surface area contributed by atoms with Crippen LogP contribution in [0.25, 0.3) is 10.1 Å². The Kier molecular flexibility index (Phi) is 7.11. The van der Waals surface area contributed by atoms with Crippen LogP contribution in [0.15, 0.2) is 48.5 Å². The number of ether oxygens (including phenoxy) is 1. The number of para-hydroxylation sites is 1. The van der Waals surface area contributed by atoms with Crippen molar-refractivity contribution in [3.8, 4) is 5.75 Å². The van der Waals surface area contributed by atoms with Crippen molar-refractivity contribution in [2.45, 2.75) is 25.5 Å². The third-order valence-corrected chi connectivity index (χ3v) is 6.46. The maximum atomic E-state index is 14.6. The number of rotatable bonds is 5. The summed E-state index contributed by atoms with van der Waals surface area (Å²) in [5, 5.41) is 3.77. The van der Waals surface area contributed by atoms with Gasteiger partial charge in [-0.2, -0.15) is 0 Å². The van der Waals surface area contributed by atoms with E-state index in [9.17, 15) is 9.18 Å². The largest absolute Gasteiger partial charge is 0.489 e. The lowest BCUT2D eigenvalue weighted by Crippen LogP contribution is -2.43. The number of benzene rings is 2. The molecule has 29 heavy (non-hydrogen) atoms. The normalized spacial score (nSPS) is 14.6. The van der Waals surface area contributed by atoms with E-state index in [-0.39, 0.29) is 30.7 Å². The molecule has 1 aromatic heterocycles. The number of nitrogens with zero attached hydrogens (tertiary/aromatic N) is 1. The van der Waals surface area contributed by atoms with Crippen molar-refractivity contribution in [1.29, 1.82) is 0 Å². The highest BCUT2D eigenvalue weighted by Crippen LogP contribution is 2.35. The molecule has 4 rings (SSSR count). The molecule has 1 aliphatic rings. The number of fused-ring (bicyclic) bond motifs is 1. The van der Waals surface area contributed by atoms with Crippen molar-refractivity contribution in [2.75, 3.05) is 20.1 Å². The molecule has 0 atom stereocenters. The summed E-state index contributed by atoms with van der Waals surface area (Å²) in [6.07, 6.45) is 1.86. The van der Waals surface area contributed by atoms with Gasteiger partial charge in [-0.05, 0) is 44.2 Å². The molecule has 0 radical (unpaired) electrons. The molecule has 0 aliphatic carbocycles. The molecule has 1 N–H and O–H groups in total. The van der Waals surface area contributed by atoms with Crippen LogP contribution in [0.3, 0.4) is 0 Å². The van der Waals surface area contributed by atoms with Crippen molar-refractivity contribution in [3.63, 3.8) is 0 Å². The predicted molar refractivity (Wildman–Crippen MR) is 118 cm³/mol. The Hall–Kier alpha value is -2.15. The lowest BCUT2D eigenvalue weighted by Gasteiger charge is -2.31. The lowest BCUT2D eigenvalue weighted by molar-refractivity contribution is 0.0710. The molecule has 0 unspecified atom stereocenters. The number of carbonyl (C=O) groups excluding carboxylic acids is 1. The van der Waals surface area contributed by atoms with E-state index in [1.165, 1.54) is 17.4 Å². The quantitative estimate of drug-likeness (QED) is 0.623. The van der Waals surface area contributed by atoms with Crippen molar-refractivity contribution >= 4 is 39.7 Å². The van der Waals surface area contributed by atoms with Gasteiger partial charge in [0.05, 0.1) is 4.88 Å². The minimum Gasteiger partial charge on any atom is -0.489 e. The summed E-state index contributed by atoms with van der Waals surface area (Å²) < 4.78 is 21.3. The van der Waals surface area contributed by atoms with Gasteiger partial charge >= 0.3 is 0 Å². The van der Waals surface area contributed by atoms with Crippen molar-refractivity contribution in [3.05, 3.63) is 64.8 Å². The molecule has 2 heterocycles. The minimum absolute atomic E-state index is 0. The average molecular weight is 435 g/mol. The molecule has 0 saturated carbocycles. The first-order valence-electron chi connectivity index (χ1n) is 9.51. The van der Waals surface area contributed by atoms with Crippen LogP contribution in [0.2, 0.25) is 0 Å². The molecule has 1 aliphatic heterocycles. The topological polar surface area (TPSA) is 41.6 Å². The second-order valence-electron chi connectivity index (χ2n) is 6.98. The minimum atomic E-state index is -0.312. The molecule has 1 saturated heterocycles. The van der Waals surface area contributed by atoms with Crippen LogP contribution >= 0.6 is 23.7 Å². The van der Waals surface area contributed by atoms with Crippen LogP contribution in [-0.2, 0) is 6.61 Å². The molecule has 0 spiro atoms. The van der Waals surface area contributed by atoms with Gasteiger partial charge in [-0.3, -0.25) is 4.79 Å². The Morgan fingerprint density at radius 3 is 2.59 bits per heavy atom. The molecule has 1 fully saturated rings. The third kappa shape index (κ3) is 4.55. The van der Waals surface area contributed by atoms with Crippen LogP contribution in [0.1, 0.15) is 28.1 Å². The van der Waals surface area contributed by atoms with Gasteiger partial charge < -0.3 is 15.0 Å². The van der Waals surface area contributed by atoms with Crippen molar-refractivity contribution < 1.29 is 13.9 Å². The van der Waals surface area contributed by atoms with E-state index in [0.29, 0.717) is 40.7 Å². The third-order valence-electron chi connectivity index (χ3n) is 5.27. The fourth-order valence-corrected chi connectivity index (χ4v) is 4.85. The van der Waals surface area contributed by atoms with Crippen LogP contribution in [-0.4, -0.2) is 37.0 Å². The Labute approximate surface area is 180 Å².